The Hall–Kier alpha value is -2.30. The second-order valence-electron chi connectivity index (χ2n) is 2.79. The topological polar surface area (TPSA) is 104 Å². The quantitative estimate of drug-likeness (QED) is 0.590. The maximum Gasteiger partial charge on any atom is 0.0734 e. The molecule has 78 valence electrons. The summed E-state index contributed by atoms with van der Waals surface area (Å²) < 4.78 is 0. The predicted octanol–water partition coefficient (Wildman–Crippen LogP) is 0.910. The minimum absolute atomic E-state index is 0.535. The smallest absolute Gasteiger partial charge is 0.0734 e. The van der Waals surface area contributed by atoms with Crippen LogP contribution in [0.4, 0.5) is 17.1 Å². The van der Waals surface area contributed by atoms with Gasteiger partial charge in [0.1, 0.15) is 0 Å². The van der Waals surface area contributed by atoms with Gasteiger partial charge in [-0.3, -0.25) is 9.97 Å². The number of hydrogen-bond acceptors (Lipinski definition) is 5. The van der Waals surface area contributed by atoms with Crippen LogP contribution < -0.4 is 17.2 Å². The van der Waals surface area contributed by atoms with Gasteiger partial charge in [-0.2, -0.15) is 0 Å². The van der Waals surface area contributed by atoms with Gasteiger partial charge in [0.25, 0.3) is 0 Å². The summed E-state index contributed by atoms with van der Waals surface area (Å²) in [5.74, 6) is 0. The van der Waals surface area contributed by atoms with Crippen LogP contribution in [0.3, 0.4) is 0 Å². The van der Waals surface area contributed by atoms with Crippen molar-refractivity contribution >= 4 is 17.1 Å². The van der Waals surface area contributed by atoms with Crippen LogP contribution in [-0.4, -0.2) is 9.97 Å². The Labute approximate surface area is 88.0 Å². The summed E-state index contributed by atoms with van der Waals surface area (Å²) in [4.78, 5) is 7.51. The van der Waals surface area contributed by atoms with Crippen molar-refractivity contribution in [3.8, 4) is 0 Å². The molecule has 0 aliphatic heterocycles. The fourth-order valence-corrected chi connectivity index (χ4v) is 0.781. The van der Waals surface area contributed by atoms with E-state index in [0.29, 0.717) is 11.4 Å². The van der Waals surface area contributed by atoms with Crippen LogP contribution in [0.2, 0.25) is 0 Å². The van der Waals surface area contributed by atoms with E-state index in [-0.39, 0.29) is 0 Å². The fraction of sp³-hybridized carbons (Fsp3) is 0. The Morgan fingerprint density at radius 1 is 0.733 bits per heavy atom. The number of hydrogen-bond donors (Lipinski definition) is 3. The molecule has 0 spiro atoms. The third-order valence-electron chi connectivity index (χ3n) is 1.59. The summed E-state index contributed by atoms with van der Waals surface area (Å²) in [6, 6.07) is 5.16. The molecule has 0 saturated heterocycles. The number of rotatable bonds is 0. The normalized spacial score (nSPS) is 8.80. The van der Waals surface area contributed by atoms with Gasteiger partial charge in [-0.1, -0.05) is 0 Å². The summed E-state index contributed by atoms with van der Waals surface area (Å²) in [7, 11) is 0. The third-order valence-corrected chi connectivity index (χ3v) is 1.59. The lowest BCUT2D eigenvalue weighted by Gasteiger charge is -1.93. The van der Waals surface area contributed by atoms with Crippen LogP contribution in [0.15, 0.2) is 43.0 Å². The second kappa shape index (κ2) is 5.43. The number of aromatic nitrogens is 2. The Morgan fingerprint density at radius 2 is 1.33 bits per heavy atom. The van der Waals surface area contributed by atoms with Crippen LogP contribution in [0.5, 0.6) is 0 Å². The van der Waals surface area contributed by atoms with Gasteiger partial charge in [-0.15, -0.1) is 0 Å². The molecule has 0 saturated carbocycles. The van der Waals surface area contributed by atoms with E-state index in [1.807, 2.05) is 0 Å². The van der Waals surface area contributed by atoms with Crippen molar-refractivity contribution in [3.05, 3.63) is 43.0 Å². The van der Waals surface area contributed by atoms with Crippen molar-refractivity contribution in [1.82, 2.24) is 9.97 Å². The van der Waals surface area contributed by atoms with Crippen LogP contribution in [0.25, 0.3) is 0 Å². The Kier molecular flexibility index (Phi) is 3.91. The molecule has 15 heavy (non-hydrogen) atoms. The zero-order valence-electron chi connectivity index (χ0n) is 8.17. The first kappa shape index (κ1) is 10.8. The zero-order valence-corrected chi connectivity index (χ0v) is 8.17. The molecule has 0 radical (unpaired) electrons. The van der Waals surface area contributed by atoms with Gasteiger partial charge in [0, 0.05) is 24.3 Å². The lowest BCUT2D eigenvalue weighted by atomic mass is 10.4. The van der Waals surface area contributed by atoms with Gasteiger partial charge in [0.05, 0.1) is 17.6 Å². The Bertz CT molecular complexity index is 381. The maximum absolute atomic E-state index is 5.35. The van der Waals surface area contributed by atoms with Gasteiger partial charge in [0.15, 0.2) is 0 Å². The zero-order chi connectivity index (χ0) is 11.1. The first-order chi connectivity index (χ1) is 7.20. The molecule has 0 aliphatic rings. The molecule has 0 atom stereocenters. The lowest BCUT2D eigenvalue weighted by molar-refractivity contribution is 1.33. The van der Waals surface area contributed by atoms with Crippen molar-refractivity contribution in [2.75, 3.05) is 17.2 Å². The van der Waals surface area contributed by atoms with E-state index in [1.165, 1.54) is 6.20 Å². The van der Waals surface area contributed by atoms with Crippen molar-refractivity contribution in [2.24, 2.45) is 0 Å². The highest BCUT2D eigenvalue weighted by Crippen LogP contribution is 2.08. The first-order valence-corrected chi connectivity index (χ1v) is 4.30. The number of nitrogen functional groups attached to an aromatic ring is 3. The van der Waals surface area contributed by atoms with E-state index in [4.69, 9.17) is 17.2 Å². The monoisotopic (exact) mass is 203 g/mol. The van der Waals surface area contributed by atoms with Crippen LogP contribution >= 0.6 is 0 Å². The highest BCUT2D eigenvalue weighted by atomic mass is 14.7. The van der Waals surface area contributed by atoms with E-state index in [9.17, 15) is 0 Å². The summed E-state index contributed by atoms with van der Waals surface area (Å²) in [5, 5.41) is 0. The maximum atomic E-state index is 5.35. The number of pyridine rings is 2. The summed E-state index contributed by atoms with van der Waals surface area (Å²) in [6.45, 7) is 0. The number of anilines is 3. The van der Waals surface area contributed by atoms with E-state index in [1.54, 1.807) is 36.8 Å². The third kappa shape index (κ3) is 3.95. The molecule has 2 aromatic rings. The highest BCUT2D eigenvalue weighted by molar-refractivity contribution is 5.60. The van der Waals surface area contributed by atoms with E-state index in [0.717, 1.165) is 5.69 Å². The van der Waals surface area contributed by atoms with Crippen molar-refractivity contribution in [2.45, 2.75) is 0 Å². The molecule has 0 amide bonds. The van der Waals surface area contributed by atoms with Crippen molar-refractivity contribution < 1.29 is 0 Å². The predicted molar refractivity (Wildman–Crippen MR) is 61.7 cm³/mol. The fourth-order valence-electron chi connectivity index (χ4n) is 0.781. The van der Waals surface area contributed by atoms with E-state index >= 15 is 0 Å². The van der Waals surface area contributed by atoms with Crippen molar-refractivity contribution in [1.29, 1.82) is 0 Å². The minimum atomic E-state index is 0.535. The average Bonchev–Trinajstić information content (AvgIpc) is 2.25. The molecule has 2 heterocycles. The molecule has 0 bridgehead atoms. The molecule has 6 N–H and O–H groups in total. The standard InChI is InChI=1S/C5H7N3.C5H6N2/c6-4-1-2-8-3-5(4)7;6-5-1-3-7-4-2-5/h1-3H,7H2,(H2,6,8);1-4H,(H2,6,7). The molecule has 0 unspecified atom stereocenters. The van der Waals surface area contributed by atoms with Crippen LogP contribution in [0.1, 0.15) is 0 Å². The van der Waals surface area contributed by atoms with Crippen LogP contribution in [0, 0.1) is 0 Å². The molecule has 2 rings (SSSR count). The molecule has 0 fully saturated rings. The van der Waals surface area contributed by atoms with Crippen molar-refractivity contribution in [3.63, 3.8) is 0 Å². The molecular weight excluding hydrogens is 190 g/mol. The summed E-state index contributed by atoms with van der Waals surface area (Å²) in [5.41, 5.74) is 17.9. The largest absolute Gasteiger partial charge is 0.399 e. The van der Waals surface area contributed by atoms with E-state index < -0.39 is 0 Å². The SMILES string of the molecule is Nc1ccncc1.Nc1ccncc1N. The lowest BCUT2D eigenvalue weighted by Crippen LogP contribution is -1.93. The Morgan fingerprint density at radius 3 is 1.67 bits per heavy atom. The molecule has 0 aromatic carbocycles. The van der Waals surface area contributed by atoms with Gasteiger partial charge in [-0.25, -0.2) is 0 Å². The second-order valence-corrected chi connectivity index (χ2v) is 2.79. The average molecular weight is 203 g/mol. The highest BCUT2D eigenvalue weighted by Gasteiger charge is 1.86. The van der Waals surface area contributed by atoms with Gasteiger partial charge >= 0.3 is 0 Å². The molecule has 0 aliphatic carbocycles. The van der Waals surface area contributed by atoms with E-state index in [2.05, 4.69) is 9.97 Å². The van der Waals surface area contributed by atoms with Gasteiger partial charge in [-0.05, 0) is 18.2 Å². The Balaban J connectivity index is 0.000000151. The van der Waals surface area contributed by atoms with Gasteiger partial charge < -0.3 is 17.2 Å². The molecular formula is C10H13N5. The van der Waals surface area contributed by atoms with Gasteiger partial charge in [0.2, 0.25) is 0 Å². The first-order valence-electron chi connectivity index (χ1n) is 4.30. The summed E-state index contributed by atoms with van der Waals surface area (Å²) >= 11 is 0. The summed E-state index contributed by atoms with van der Waals surface area (Å²) in [6.07, 6.45) is 6.45. The number of nitrogens with zero attached hydrogens (tertiary/aromatic N) is 2. The minimum Gasteiger partial charge on any atom is -0.399 e. The molecule has 5 heteroatoms. The molecule has 5 nitrogen and oxygen atoms in total. The van der Waals surface area contributed by atoms with Crippen LogP contribution in [-0.2, 0) is 0 Å². The molecule has 2 aromatic heterocycles. The number of nitrogens with two attached hydrogens (primary N) is 3.